The summed E-state index contributed by atoms with van der Waals surface area (Å²) in [5.74, 6) is 0. The van der Waals surface area contributed by atoms with Gasteiger partial charge in [-0.1, -0.05) is 38.5 Å². The van der Waals surface area contributed by atoms with Gasteiger partial charge in [0.2, 0.25) is 0 Å². The zero-order valence-electron chi connectivity index (χ0n) is 7.35. The van der Waals surface area contributed by atoms with E-state index in [-0.39, 0.29) is 20.4 Å². The van der Waals surface area contributed by atoms with Gasteiger partial charge in [0.1, 0.15) is 0 Å². The molecule has 0 spiro atoms. The summed E-state index contributed by atoms with van der Waals surface area (Å²) >= 11 is 0.125. The molecule has 0 aliphatic rings. The van der Waals surface area contributed by atoms with Crippen LogP contribution < -0.4 is 0 Å². The molecule has 0 atom stereocenters. The van der Waals surface area contributed by atoms with E-state index in [1.165, 1.54) is 11.0 Å². The van der Waals surface area contributed by atoms with E-state index in [4.69, 9.17) is 0 Å². The number of hydrogen-bond donors (Lipinski definition) is 0. The smallest absolute Gasteiger partial charge is 0.194 e. The Bertz CT molecular complexity index is 123. The van der Waals surface area contributed by atoms with E-state index < -0.39 is 0 Å². The van der Waals surface area contributed by atoms with Gasteiger partial charge in [-0.15, -0.1) is 4.55 Å². The summed E-state index contributed by atoms with van der Waals surface area (Å²) < 4.78 is 3.10. The molecule has 0 rings (SSSR count). The lowest BCUT2D eigenvalue weighted by molar-refractivity contribution is 1.18. The fourth-order valence-electron chi connectivity index (χ4n) is 0.931. The molecule has 0 aliphatic carbocycles. The molecule has 0 aromatic rings. The van der Waals surface area contributed by atoms with Crippen molar-refractivity contribution in [2.24, 2.45) is 0 Å². The number of allylic oxidation sites excluding steroid dienone is 4. The summed E-state index contributed by atoms with van der Waals surface area (Å²) in [6.07, 6.45) is 7.79. The Morgan fingerprint density at radius 2 is 2.10 bits per heavy atom. The molecule has 0 radical (unpaired) electrons. The molecule has 0 aliphatic heterocycles. The highest BCUT2D eigenvalue weighted by atomic mass is 24.5. The van der Waals surface area contributed by atoms with Crippen LogP contribution in [-0.2, 0) is 0 Å². The topological polar surface area (TPSA) is 0 Å². The molecule has 0 N–H and O–H groups in total. The highest BCUT2D eigenvalue weighted by molar-refractivity contribution is 6.45. The Labute approximate surface area is 74.1 Å². The second kappa shape index (κ2) is 7.35. The first kappa shape index (κ1) is 10.2. The van der Waals surface area contributed by atoms with Crippen LogP contribution in [0.15, 0.2) is 21.9 Å². The standard InChI is InChI=1S/C7H11.C2H5.Mg/c1-3-5-7-6-4-2;1-2;/h3,5,7H,4H2,1-2H3;1H2,2H3;. The Balaban J connectivity index is 3.78. The average molecular weight is 149 g/mol. The molecule has 1 heteroatoms. The molecule has 10 heavy (non-hydrogen) atoms. The van der Waals surface area contributed by atoms with Crippen LogP contribution in [0.4, 0.5) is 0 Å². The third-order valence-electron chi connectivity index (χ3n) is 1.55. The summed E-state index contributed by atoms with van der Waals surface area (Å²) in [5.41, 5.74) is 0. The van der Waals surface area contributed by atoms with E-state index in [9.17, 15) is 0 Å². The van der Waals surface area contributed by atoms with Gasteiger partial charge in [0.05, 0.1) is 0 Å². The molecule has 0 bridgehead atoms. The van der Waals surface area contributed by atoms with Crippen molar-refractivity contribution in [3.63, 3.8) is 0 Å². The Morgan fingerprint density at radius 1 is 1.40 bits per heavy atom. The van der Waals surface area contributed by atoms with E-state index in [0.29, 0.717) is 0 Å². The van der Waals surface area contributed by atoms with Gasteiger partial charge in [-0.2, -0.15) is 3.70 Å². The molecule has 0 aromatic carbocycles. The summed E-state index contributed by atoms with van der Waals surface area (Å²) in [6.45, 7) is 6.60. The van der Waals surface area contributed by atoms with Gasteiger partial charge < -0.3 is 0 Å². The highest BCUT2D eigenvalue weighted by Crippen LogP contribution is 2.00. The fraction of sp³-hybridized carbons (Fsp3) is 0.556. The van der Waals surface area contributed by atoms with Gasteiger partial charge in [-0.3, -0.25) is 0 Å². The molecule has 0 unspecified atom stereocenters. The number of hydrogen-bond acceptors (Lipinski definition) is 0. The zero-order valence-corrected chi connectivity index (χ0v) is 8.77. The summed E-state index contributed by atoms with van der Waals surface area (Å²) in [4.78, 5) is 0. The molecular formula is C9H16Mg. The second-order valence-electron chi connectivity index (χ2n) is 2.45. The van der Waals surface area contributed by atoms with Gasteiger partial charge in [-0.05, 0) is 6.92 Å². The molecule has 0 nitrogen and oxygen atoms in total. The second-order valence-corrected chi connectivity index (χ2v) is 4.86. The minimum absolute atomic E-state index is 0.125. The van der Waals surface area contributed by atoms with Crippen LogP contribution in [0.25, 0.3) is 0 Å². The van der Waals surface area contributed by atoms with Crippen LogP contribution in [-0.4, -0.2) is 20.4 Å². The lowest BCUT2D eigenvalue weighted by Gasteiger charge is -1.96. The van der Waals surface area contributed by atoms with Crippen LogP contribution >= 0.6 is 0 Å². The first-order valence-corrected chi connectivity index (χ1v) is 5.86. The van der Waals surface area contributed by atoms with Crippen molar-refractivity contribution in [1.29, 1.82) is 0 Å². The van der Waals surface area contributed by atoms with Gasteiger partial charge in [0, 0.05) is 0 Å². The SMILES string of the molecule is CC=CC=[C](CC)[Mg][CH2]C. The third-order valence-corrected chi connectivity index (χ3v) is 3.43. The maximum Gasteiger partial charge on any atom is 0.401 e. The van der Waals surface area contributed by atoms with E-state index in [1.54, 1.807) is 3.70 Å². The molecule has 0 aromatic heterocycles. The lowest BCUT2D eigenvalue weighted by Crippen LogP contribution is -1.91. The summed E-state index contributed by atoms with van der Waals surface area (Å²) in [7, 11) is 0. The maximum absolute atomic E-state index is 2.29. The third kappa shape index (κ3) is 5.06. The van der Waals surface area contributed by atoms with E-state index in [0.717, 1.165) is 0 Å². The molecular weight excluding hydrogens is 132 g/mol. The van der Waals surface area contributed by atoms with Crippen LogP contribution in [0, 0.1) is 0 Å². The van der Waals surface area contributed by atoms with Crippen molar-refractivity contribution in [1.82, 2.24) is 0 Å². The summed E-state index contributed by atoms with van der Waals surface area (Å²) in [6, 6.07) is 0. The van der Waals surface area contributed by atoms with Gasteiger partial charge in [0.25, 0.3) is 0 Å². The first-order valence-electron chi connectivity index (χ1n) is 4.15. The maximum atomic E-state index is 2.29. The largest absolute Gasteiger partial charge is 0.401 e. The lowest BCUT2D eigenvalue weighted by atomic mass is 10.4. The van der Waals surface area contributed by atoms with Crippen molar-refractivity contribution in [3.05, 3.63) is 21.9 Å². The molecule has 0 saturated carbocycles. The Hall–Kier alpha value is 0.246. The van der Waals surface area contributed by atoms with E-state index in [1.807, 2.05) is 0 Å². The Kier molecular flexibility index (Phi) is 7.54. The molecule has 54 valence electrons. The molecule has 0 fully saturated rings. The van der Waals surface area contributed by atoms with Crippen LogP contribution in [0.2, 0.25) is 4.55 Å². The monoisotopic (exact) mass is 148 g/mol. The minimum atomic E-state index is 0.125. The van der Waals surface area contributed by atoms with Crippen molar-refractivity contribution >= 4 is 20.4 Å². The van der Waals surface area contributed by atoms with E-state index >= 15 is 0 Å². The van der Waals surface area contributed by atoms with Crippen LogP contribution in [0.3, 0.4) is 0 Å². The predicted octanol–water partition coefficient (Wildman–Crippen LogP) is 3.00. The Morgan fingerprint density at radius 3 is 2.50 bits per heavy atom. The zero-order chi connectivity index (χ0) is 7.82. The number of rotatable bonds is 4. The van der Waals surface area contributed by atoms with Crippen LogP contribution in [0.5, 0.6) is 0 Å². The van der Waals surface area contributed by atoms with Crippen molar-refractivity contribution in [3.8, 4) is 0 Å². The van der Waals surface area contributed by atoms with Gasteiger partial charge in [-0.25, -0.2) is 0 Å². The fourth-order valence-corrected chi connectivity index (χ4v) is 2.23. The average Bonchev–Trinajstić information content (AvgIpc) is 1.98. The summed E-state index contributed by atoms with van der Waals surface area (Å²) in [5, 5.41) is 0. The van der Waals surface area contributed by atoms with Crippen molar-refractivity contribution in [2.75, 3.05) is 0 Å². The molecule has 0 heterocycles. The van der Waals surface area contributed by atoms with Crippen LogP contribution in [0.1, 0.15) is 27.2 Å². The molecule has 0 saturated heterocycles. The normalized spacial score (nSPS) is 12.1. The molecule has 0 amide bonds. The van der Waals surface area contributed by atoms with Crippen molar-refractivity contribution in [2.45, 2.75) is 31.7 Å². The van der Waals surface area contributed by atoms with Gasteiger partial charge in [0.15, 0.2) is 0 Å². The quantitative estimate of drug-likeness (QED) is 0.425. The van der Waals surface area contributed by atoms with E-state index in [2.05, 4.69) is 39.0 Å². The minimum Gasteiger partial charge on any atom is -0.194 e. The first-order chi connectivity index (χ1) is 4.85. The van der Waals surface area contributed by atoms with Crippen molar-refractivity contribution < 1.29 is 0 Å². The predicted molar refractivity (Wildman–Crippen MR) is 49.4 cm³/mol. The highest BCUT2D eigenvalue weighted by Gasteiger charge is 1.94. The van der Waals surface area contributed by atoms with Gasteiger partial charge >= 0.3 is 20.4 Å².